The van der Waals surface area contributed by atoms with Crippen LogP contribution in [-0.4, -0.2) is 16.9 Å². The summed E-state index contributed by atoms with van der Waals surface area (Å²) in [6.45, 7) is 0.215. The van der Waals surface area contributed by atoms with Crippen LogP contribution in [0.5, 0.6) is 11.5 Å². The van der Waals surface area contributed by atoms with E-state index in [1.807, 2.05) is 30.3 Å². The van der Waals surface area contributed by atoms with Crippen LogP contribution in [0.25, 0.3) is 17.3 Å². The average Bonchev–Trinajstić information content (AvgIpc) is 3.23. The predicted octanol–water partition coefficient (Wildman–Crippen LogP) is 6.28. The van der Waals surface area contributed by atoms with E-state index in [2.05, 4.69) is 17.2 Å². The fraction of sp³-hybridized carbons (Fsp3) is 0.0741. The summed E-state index contributed by atoms with van der Waals surface area (Å²) in [4.78, 5) is 0. The highest BCUT2D eigenvalue weighted by Gasteiger charge is 2.20. The largest absolute Gasteiger partial charge is 0.493 e. The standard InChI is InChI=1S/C27H19Cl2N5O2/c1-35-25-12-17(7-10-24(25)36-16-18-8-9-20(28)13-23(18)29)11-19(14-30)26-22(15-31)27(32)34(33-26)21-5-3-2-4-6-21/h2-13H,16,32H2,1H3/b19-11+. The van der Waals surface area contributed by atoms with Gasteiger partial charge in [-0.3, -0.25) is 0 Å². The number of benzene rings is 3. The Morgan fingerprint density at radius 3 is 2.50 bits per heavy atom. The molecule has 178 valence electrons. The van der Waals surface area contributed by atoms with E-state index in [1.165, 1.54) is 11.8 Å². The summed E-state index contributed by atoms with van der Waals surface area (Å²) < 4.78 is 12.8. The van der Waals surface area contributed by atoms with Crippen LogP contribution in [0.4, 0.5) is 5.82 Å². The molecule has 4 rings (SSSR count). The van der Waals surface area contributed by atoms with Gasteiger partial charge in [-0.2, -0.15) is 15.6 Å². The minimum Gasteiger partial charge on any atom is -0.493 e. The molecule has 0 spiro atoms. The van der Waals surface area contributed by atoms with Crippen molar-refractivity contribution < 1.29 is 9.47 Å². The molecule has 1 heterocycles. The maximum Gasteiger partial charge on any atom is 0.161 e. The molecule has 0 saturated carbocycles. The molecule has 0 saturated heterocycles. The quantitative estimate of drug-likeness (QED) is 0.289. The summed E-state index contributed by atoms with van der Waals surface area (Å²) in [5.74, 6) is 1.11. The van der Waals surface area contributed by atoms with E-state index >= 15 is 0 Å². The molecule has 7 nitrogen and oxygen atoms in total. The minimum absolute atomic E-state index is 0.124. The lowest BCUT2D eigenvalue weighted by Crippen LogP contribution is -2.02. The summed E-state index contributed by atoms with van der Waals surface area (Å²) in [6.07, 6.45) is 1.61. The van der Waals surface area contributed by atoms with Gasteiger partial charge < -0.3 is 15.2 Å². The second-order valence-electron chi connectivity index (χ2n) is 7.57. The molecule has 0 atom stereocenters. The number of nitrogens with two attached hydrogens (primary N) is 1. The van der Waals surface area contributed by atoms with E-state index in [9.17, 15) is 10.5 Å². The first-order valence-corrected chi connectivity index (χ1v) is 11.4. The summed E-state index contributed by atoms with van der Waals surface area (Å²) >= 11 is 12.2. The van der Waals surface area contributed by atoms with E-state index < -0.39 is 0 Å². The molecule has 3 aromatic carbocycles. The van der Waals surface area contributed by atoms with E-state index in [0.29, 0.717) is 32.8 Å². The molecule has 0 aliphatic carbocycles. The fourth-order valence-corrected chi connectivity index (χ4v) is 3.97. The second-order valence-corrected chi connectivity index (χ2v) is 8.42. The van der Waals surface area contributed by atoms with Crippen LogP contribution in [-0.2, 0) is 6.61 Å². The van der Waals surface area contributed by atoms with Gasteiger partial charge in [-0.1, -0.05) is 53.5 Å². The zero-order chi connectivity index (χ0) is 25.7. The molecule has 0 unspecified atom stereocenters. The van der Waals surface area contributed by atoms with Crippen molar-refractivity contribution >= 4 is 40.7 Å². The van der Waals surface area contributed by atoms with Crippen molar-refractivity contribution in [2.45, 2.75) is 6.61 Å². The average molecular weight is 516 g/mol. The number of hydrogen-bond donors (Lipinski definition) is 1. The highest BCUT2D eigenvalue weighted by molar-refractivity contribution is 6.35. The molecule has 0 radical (unpaired) electrons. The van der Waals surface area contributed by atoms with Crippen LogP contribution >= 0.6 is 23.2 Å². The van der Waals surface area contributed by atoms with Crippen molar-refractivity contribution in [3.8, 4) is 29.3 Å². The Morgan fingerprint density at radius 1 is 1.06 bits per heavy atom. The van der Waals surface area contributed by atoms with Crippen molar-refractivity contribution in [1.29, 1.82) is 10.5 Å². The second kappa shape index (κ2) is 10.9. The van der Waals surface area contributed by atoms with Crippen LogP contribution in [0.15, 0.2) is 66.7 Å². The van der Waals surface area contributed by atoms with Gasteiger partial charge in [0.15, 0.2) is 11.5 Å². The van der Waals surface area contributed by atoms with Gasteiger partial charge in [0.25, 0.3) is 0 Å². The Balaban J connectivity index is 1.65. The maximum atomic E-state index is 9.87. The van der Waals surface area contributed by atoms with Gasteiger partial charge in [0.2, 0.25) is 0 Å². The van der Waals surface area contributed by atoms with Crippen LogP contribution in [0.1, 0.15) is 22.4 Å². The summed E-state index contributed by atoms with van der Waals surface area (Å²) in [5.41, 5.74) is 8.78. The molecule has 0 aliphatic rings. The SMILES string of the molecule is COc1cc(/C=C(\C#N)c2nn(-c3ccccc3)c(N)c2C#N)ccc1OCc1ccc(Cl)cc1Cl. The minimum atomic E-state index is 0.124. The highest BCUT2D eigenvalue weighted by Crippen LogP contribution is 2.32. The Morgan fingerprint density at radius 2 is 1.83 bits per heavy atom. The number of allylic oxidation sites excluding steroid dienone is 1. The molecule has 0 amide bonds. The number of nitriles is 2. The first-order chi connectivity index (χ1) is 17.4. The number of nitrogen functional groups attached to an aromatic ring is 1. The molecule has 2 N–H and O–H groups in total. The van der Waals surface area contributed by atoms with Crippen LogP contribution in [0, 0.1) is 22.7 Å². The highest BCUT2D eigenvalue weighted by atomic mass is 35.5. The molecule has 9 heteroatoms. The topological polar surface area (TPSA) is 110 Å². The zero-order valence-corrected chi connectivity index (χ0v) is 20.6. The lowest BCUT2D eigenvalue weighted by Gasteiger charge is -2.12. The van der Waals surface area contributed by atoms with E-state index in [-0.39, 0.29) is 29.3 Å². The van der Waals surface area contributed by atoms with Crippen molar-refractivity contribution in [2.24, 2.45) is 0 Å². The van der Waals surface area contributed by atoms with Gasteiger partial charge in [0, 0.05) is 15.6 Å². The van der Waals surface area contributed by atoms with Gasteiger partial charge in [-0.15, -0.1) is 0 Å². The number of aromatic nitrogens is 2. The zero-order valence-electron chi connectivity index (χ0n) is 19.1. The van der Waals surface area contributed by atoms with E-state index in [1.54, 1.807) is 42.5 Å². The van der Waals surface area contributed by atoms with Gasteiger partial charge in [0.05, 0.1) is 18.4 Å². The lowest BCUT2D eigenvalue weighted by molar-refractivity contribution is 0.284. The van der Waals surface area contributed by atoms with Crippen molar-refractivity contribution in [2.75, 3.05) is 12.8 Å². The van der Waals surface area contributed by atoms with Crippen molar-refractivity contribution in [3.05, 3.63) is 99.2 Å². The van der Waals surface area contributed by atoms with E-state index in [4.69, 9.17) is 38.4 Å². The number of halogens is 2. The molecule has 0 aliphatic heterocycles. The molecule has 36 heavy (non-hydrogen) atoms. The van der Waals surface area contributed by atoms with Gasteiger partial charge in [0.1, 0.15) is 35.8 Å². The Bertz CT molecular complexity index is 1530. The maximum absolute atomic E-state index is 9.87. The first-order valence-electron chi connectivity index (χ1n) is 10.7. The van der Waals surface area contributed by atoms with E-state index in [0.717, 1.165) is 5.56 Å². The Kier molecular flexibility index (Phi) is 7.46. The lowest BCUT2D eigenvalue weighted by atomic mass is 10.1. The number of nitrogens with zero attached hydrogens (tertiary/aromatic N) is 4. The van der Waals surface area contributed by atoms with Crippen LogP contribution in [0.2, 0.25) is 10.0 Å². The number of para-hydroxylation sites is 1. The van der Waals surface area contributed by atoms with Gasteiger partial charge >= 0.3 is 0 Å². The smallest absolute Gasteiger partial charge is 0.161 e. The molecule has 0 fully saturated rings. The number of hydrogen-bond acceptors (Lipinski definition) is 6. The molecule has 4 aromatic rings. The van der Waals surface area contributed by atoms with Crippen molar-refractivity contribution in [3.63, 3.8) is 0 Å². The number of ether oxygens (including phenoxy) is 2. The molecular weight excluding hydrogens is 497 g/mol. The Labute approximate surface area is 218 Å². The normalized spacial score (nSPS) is 11.0. The molecular formula is C27H19Cl2N5O2. The number of methoxy groups -OCH3 is 1. The monoisotopic (exact) mass is 515 g/mol. The Hall–Kier alpha value is -4.43. The number of rotatable bonds is 7. The summed E-state index contributed by atoms with van der Waals surface area (Å²) in [7, 11) is 1.52. The van der Waals surface area contributed by atoms with Crippen molar-refractivity contribution in [1.82, 2.24) is 9.78 Å². The number of anilines is 1. The first kappa shape index (κ1) is 24.7. The fourth-order valence-electron chi connectivity index (χ4n) is 3.50. The van der Waals surface area contributed by atoms with Gasteiger partial charge in [-0.25, -0.2) is 4.68 Å². The third kappa shape index (κ3) is 5.13. The predicted molar refractivity (Wildman–Crippen MR) is 140 cm³/mol. The third-order valence-corrected chi connectivity index (χ3v) is 5.89. The molecule has 1 aromatic heterocycles. The third-order valence-electron chi connectivity index (χ3n) is 5.31. The van der Waals surface area contributed by atoms with Gasteiger partial charge in [-0.05, 0) is 48.0 Å². The van der Waals surface area contributed by atoms with Crippen LogP contribution < -0.4 is 15.2 Å². The molecule has 0 bridgehead atoms. The van der Waals surface area contributed by atoms with Crippen LogP contribution in [0.3, 0.4) is 0 Å². The summed E-state index contributed by atoms with van der Waals surface area (Å²) in [5, 5.41) is 25.1. The summed E-state index contributed by atoms with van der Waals surface area (Å²) in [6, 6.07) is 23.7.